The third kappa shape index (κ3) is 4.62. The normalized spacial score (nSPS) is 15.2. The van der Waals surface area contributed by atoms with E-state index in [1.807, 2.05) is 12.1 Å². The maximum Gasteiger partial charge on any atom is 0.387 e. The lowest BCUT2D eigenvalue weighted by atomic mass is 9.71. The largest absolute Gasteiger partial charge is 0.480 e. The molecule has 0 amide bonds. The van der Waals surface area contributed by atoms with Crippen molar-refractivity contribution in [3.63, 3.8) is 0 Å². The van der Waals surface area contributed by atoms with Crippen LogP contribution in [0, 0.1) is 0 Å². The second kappa shape index (κ2) is 9.43. The van der Waals surface area contributed by atoms with Crippen LogP contribution < -0.4 is 4.74 Å². The van der Waals surface area contributed by atoms with Crippen molar-refractivity contribution < 1.29 is 31.8 Å². The van der Waals surface area contributed by atoms with E-state index in [-0.39, 0.29) is 10.6 Å². The highest BCUT2D eigenvalue weighted by Gasteiger charge is 2.50. The van der Waals surface area contributed by atoms with E-state index in [1.165, 1.54) is 6.33 Å². The fraction of sp³-hybridized carbons (Fsp3) is 0.261. The number of carboxylic acids is 1. The minimum atomic E-state index is -4.28. The van der Waals surface area contributed by atoms with Gasteiger partial charge in [0.1, 0.15) is 18.6 Å². The Morgan fingerprint density at radius 1 is 1.03 bits per heavy atom. The minimum Gasteiger partial charge on any atom is -0.480 e. The highest BCUT2D eigenvalue weighted by Crippen LogP contribution is 2.49. The molecule has 0 spiro atoms. The van der Waals surface area contributed by atoms with Crippen LogP contribution in [0.15, 0.2) is 72.1 Å². The van der Waals surface area contributed by atoms with Crippen molar-refractivity contribution in [2.24, 2.45) is 0 Å². The molecule has 0 bridgehead atoms. The van der Waals surface area contributed by atoms with Crippen LogP contribution in [0.5, 0.6) is 5.75 Å². The summed E-state index contributed by atoms with van der Waals surface area (Å²) in [7, 11) is -4.28. The molecule has 0 unspecified atom stereocenters. The molecule has 1 fully saturated rings. The third-order valence-corrected chi connectivity index (χ3v) is 7.82. The molecule has 2 aromatic carbocycles. The van der Waals surface area contributed by atoms with Crippen LogP contribution in [-0.4, -0.2) is 46.9 Å². The lowest BCUT2D eigenvalue weighted by Gasteiger charge is -2.49. The van der Waals surface area contributed by atoms with Gasteiger partial charge in [0.15, 0.2) is 0 Å². The van der Waals surface area contributed by atoms with Gasteiger partial charge in [-0.2, -0.15) is 13.1 Å². The Hall–Kier alpha value is -3.44. The van der Waals surface area contributed by atoms with Crippen LogP contribution in [0.2, 0.25) is 0 Å². The monoisotopic (exact) mass is 489 g/mol. The van der Waals surface area contributed by atoms with Gasteiger partial charge >= 0.3 is 12.6 Å². The van der Waals surface area contributed by atoms with Crippen LogP contribution in [-0.2, 0) is 20.4 Å². The first-order valence-corrected chi connectivity index (χ1v) is 11.8. The number of hydrogen-bond acceptors (Lipinski definition) is 6. The lowest BCUT2D eigenvalue weighted by molar-refractivity contribution is -0.139. The molecule has 1 aromatic heterocycles. The van der Waals surface area contributed by atoms with Gasteiger partial charge in [-0.1, -0.05) is 24.3 Å². The smallest absolute Gasteiger partial charge is 0.387 e. The number of halogens is 2. The van der Waals surface area contributed by atoms with Crippen molar-refractivity contribution in [2.75, 3.05) is 6.54 Å². The number of alkyl halides is 2. The molecule has 0 radical (unpaired) electrons. The molecule has 1 heterocycles. The molecule has 0 atom stereocenters. The fourth-order valence-electron chi connectivity index (χ4n) is 4.12. The first-order valence-electron chi connectivity index (χ1n) is 10.4. The summed E-state index contributed by atoms with van der Waals surface area (Å²) in [4.78, 5) is 19.5. The number of sulfonamides is 1. The quantitative estimate of drug-likeness (QED) is 0.485. The summed E-state index contributed by atoms with van der Waals surface area (Å²) in [6.45, 7) is -3.79. The molecule has 1 N–H and O–H groups in total. The van der Waals surface area contributed by atoms with Crippen LogP contribution in [0.4, 0.5) is 8.78 Å². The zero-order valence-corrected chi connectivity index (χ0v) is 18.7. The van der Waals surface area contributed by atoms with E-state index in [4.69, 9.17) is 0 Å². The van der Waals surface area contributed by atoms with E-state index >= 15 is 0 Å². The number of carbonyl (C=O) groups is 1. The standard InChI is InChI=1S/C23H21F2N3O5S/c24-22(25)33-19-6-8-20(9-7-19)34(31,32)28(14-21(29)30)23(10-1-11-23)18-4-2-16(3-5-18)17-12-26-15-27-13-17/h2-9,12-13,15,22H,1,10-11,14H2,(H,29,30). The van der Waals surface area contributed by atoms with Crippen molar-refractivity contribution in [1.29, 1.82) is 0 Å². The molecular formula is C23H21F2N3O5S. The zero-order valence-electron chi connectivity index (χ0n) is 17.8. The SMILES string of the molecule is O=C(O)CN(C1(c2ccc(-c3cncnc3)cc2)CCC1)S(=O)(=O)c1ccc(OC(F)F)cc1. The zero-order chi connectivity index (χ0) is 24.3. The summed E-state index contributed by atoms with van der Waals surface area (Å²) >= 11 is 0. The van der Waals surface area contributed by atoms with Gasteiger partial charge in [0, 0.05) is 18.0 Å². The van der Waals surface area contributed by atoms with Crippen LogP contribution in [0.3, 0.4) is 0 Å². The van der Waals surface area contributed by atoms with Crippen molar-refractivity contribution >= 4 is 16.0 Å². The summed E-state index contributed by atoms with van der Waals surface area (Å²) in [6, 6.07) is 11.7. The molecular weight excluding hydrogens is 468 g/mol. The first kappa shape index (κ1) is 23.7. The molecule has 178 valence electrons. The Labute approximate surface area is 194 Å². The van der Waals surface area contributed by atoms with Crippen molar-refractivity contribution in [3.05, 3.63) is 72.8 Å². The molecule has 3 aromatic rings. The molecule has 4 rings (SSSR count). The first-order chi connectivity index (χ1) is 16.2. The average molecular weight is 490 g/mol. The predicted molar refractivity (Wildman–Crippen MR) is 118 cm³/mol. The van der Waals surface area contributed by atoms with Crippen LogP contribution in [0.1, 0.15) is 24.8 Å². The van der Waals surface area contributed by atoms with E-state index in [1.54, 1.807) is 24.5 Å². The molecule has 34 heavy (non-hydrogen) atoms. The summed E-state index contributed by atoms with van der Waals surface area (Å²) in [5, 5.41) is 9.54. The van der Waals surface area contributed by atoms with Gasteiger partial charge in [0.2, 0.25) is 10.0 Å². The molecule has 11 heteroatoms. The van der Waals surface area contributed by atoms with Crippen LogP contribution in [0.25, 0.3) is 11.1 Å². The molecule has 1 saturated carbocycles. The predicted octanol–water partition coefficient (Wildman–Crippen LogP) is 3.90. The maximum atomic E-state index is 13.6. The number of aliphatic carboxylic acids is 1. The molecule has 0 aliphatic heterocycles. The Kier molecular flexibility index (Phi) is 6.58. The summed E-state index contributed by atoms with van der Waals surface area (Å²) in [5.41, 5.74) is 1.25. The van der Waals surface area contributed by atoms with Crippen molar-refractivity contribution in [3.8, 4) is 16.9 Å². The third-order valence-electron chi connectivity index (χ3n) is 5.89. The Balaban J connectivity index is 1.71. The molecule has 1 aliphatic rings. The van der Waals surface area contributed by atoms with Crippen molar-refractivity contribution in [1.82, 2.24) is 14.3 Å². The number of hydrogen-bond donors (Lipinski definition) is 1. The number of ether oxygens (including phenoxy) is 1. The average Bonchev–Trinajstić information content (AvgIpc) is 2.78. The highest BCUT2D eigenvalue weighted by molar-refractivity contribution is 7.89. The lowest BCUT2D eigenvalue weighted by Crippen LogP contribution is -2.55. The van der Waals surface area contributed by atoms with E-state index < -0.39 is 34.7 Å². The molecule has 8 nitrogen and oxygen atoms in total. The van der Waals surface area contributed by atoms with Gasteiger partial charge in [-0.25, -0.2) is 18.4 Å². The van der Waals surface area contributed by atoms with E-state index in [0.29, 0.717) is 18.4 Å². The topological polar surface area (TPSA) is 110 Å². The minimum absolute atomic E-state index is 0.197. The van der Waals surface area contributed by atoms with E-state index in [9.17, 15) is 27.1 Å². The Bertz CT molecular complexity index is 1250. The van der Waals surface area contributed by atoms with Gasteiger partial charge in [0.05, 0.1) is 10.4 Å². The number of nitrogens with zero attached hydrogens (tertiary/aromatic N) is 3. The van der Waals surface area contributed by atoms with Crippen LogP contribution >= 0.6 is 0 Å². The van der Waals surface area contributed by atoms with E-state index in [2.05, 4.69) is 14.7 Å². The van der Waals surface area contributed by atoms with Crippen molar-refractivity contribution in [2.45, 2.75) is 36.3 Å². The second-order valence-corrected chi connectivity index (χ2v) is 9.71. The van der Waals surface area contributed by atoms with Gasteiger partial charge in [-0.05, 0) is 54.7 Å². The summed E-state index contributed by atoms with van der Waals surface area (Å²) in [5.74, 6) is -1.50. The van der Waals surface area contributed by atoms with Gasteiger partial charge in [-0.15, -0.1) is 0 Å². The number of rotatable bonds is 9. The number of benzene rings is 2. The molecule has 1 aliphatic carbocycles. The van der Waals surface area contributed by atoms with Gasteiger partial charge in [-0.3, -0.25) is 4.79 Å². The van der Waals surface area contributed by atoms with E-state index in [0.717, 1.165) is 46.1 Å². The molecule has 0 saturated heterocycles. The highest BCUT2D eigenvalue weighted by atomic mass is 32.2. The summed E-state index contributed by atoms with van der Waals surface area (Å²) < 4.78 is 57.3. The Morgan fingerprint density at radius 2 is 1.65 bits per heavy atom. The summed E-state index contributed by atoms with van der Waals surface area (Å²) in [6.07, 6.45) is 6.34. The van der Waals surface area contributed by atoms with Gasteiger partial charge < -0.3 is 9.84 Å². The van der Waals surface area contributed by atoms with Gasteiger partial charge in [0.25, 0.3) is 0 Å². The second-order valence-electron chi connectivity index (χ2n) is 7.84. The fourth-order valence-corrected chi connectivity index (χ4v) is 5.89. The Morgan fingerprint density at radius 3 is 2.15 bits per heavy atom. The number of carboxylic acid groups (broad SMARTS) is 1. The maximum absolute atomic E-state index is 13.6. The number of aromatic nitrogens is 2.